The first-order valence-electron chi connectivity index (χ1n) is 6.98. The molecule has 0 aromatic carbocycles. The van der Waals surface area contributed by atoms with E-state index in [1.54, 1.807) is 0 Å². The van der Waals surface area contributed by atoms with Gasteiger partial charge >= 0.3 is 5.97 Å². The molecule has 0 aromatic heterocycles. The first-order chi connectivity index (χ1) is 8.93. The Balaban J connectivity index is 2.78. The highest BCUT2D eigenvalue weighted by Gasteiger charge is 2.36. The van der Waals surface area contributed by atoms with Gasteiger partial charge in [-0.3, -0.25) is 4.79 Å². The summed E-state index contributed by atoms with van der Waals surface area (Å²) in [4.78, 5) is 11.9. The minimum Gasteiger partial charge on any atom is -0.468 e. The van der Waals surface area contributed by atoms with Crippen LogP contribution in [0.4, 0.5) is 0 Å². The summed E-state index contributed by atoms with van der Waals surface area (Å²) in [5, 5.41) is 1.08. The van der Waals surface area contributed by atoms with Crippen LogP contribution in [0.5, 0.6) is 0 Å². The molecule has 0 radical (unpaired) electrons. The largest absolute Gasteiger partial charge is 0.468 e. The number of carbonyl (C=O) groups excluding carboxylic acids is 1. The molecule has 0 bridgehead atoms. The summed E-state index contributed by atoms with van der Waals surface area (Å²) in [7, 11) is 1.46. The van der Waals surface area contributed by atoms with Crippen LogP contribution in [-0.2, 0) is 9.53 Å². The van der Waals surface area contributed by atoms with Gasteiger partial charge in [-0.15, -0.1) is 0 Å². The van der Waals surface area contributed by atoms with Crippen LogP contribution in [0.25, 0.3) is 0 Å². The highest BCUT2D eigenvalue weighted by molar-refractivity contribution is 9.09. The Morgan fingerprint density at radius 2 is 2.11 bits per heavy atom. The van der Waals surface area contributed by atoms with Gasteiger partial charge in [-0.2, -0.15) is 0 Å². The fourth-order valence-corrected chi connectivity index (χ4v) is 3.17. The van der Waals surface area contributed by atoms with Crippen molar-refractivity contribution < 1.29 is 9.53 Å². The van der Waals surface area contributed by atoms with Gasteiger partial charge in [0.2, 0.25) is 0 Å². The lowest BCUT2D eigenvalue weighted by atomic mass is 9.73. The molecule has 1 unspecified atom stereocenters. The Kier molecular flexibility index (Phi) is 6.31. The topological polar surface area (TPSA) is 26.3 Å². The van der Waals surface area contributed by atoms with Gasteiger partial charge in [-0.25, -0.2) is 0 Å². The number of carbonyl (C=O) groups is 1. The lowest BCUT2D eigenvalue weighted by Gasteiger charge is -2.32. The summed E-state index contributed by atoms with van der Waals surface area (Å²) in [6.07, 6.45) is 9.01. The zero-order valence-corrected chi connectivity index (χ0v) is 14.0. The van der Waals surface area contributed by atoms with Crippen LogP contribution in [0.15, 0.2) is 23.3 Å². The van der Waals surface area contributed by atoms with Gasteiger partial charge in [0.25, 0.3) is 0 Å². The van der Waals surface area contributed by atoms with Crippen molar-refractivity contribution >= 4 is 21.9 Å². The summed E-state index contributed by atoms with van der Waals surface area (Å²) in [5.74, 6) is 0.264. The Morgan fingerprint density at radius 1 is 1.42 bits per heavy atom. The number of halogens is 1. The summed E-state index contributed by atoms with van der Waals surface area (Å²) >= 11 is 3.46. The van der Waals surface area contributed by atoms with E-state index in [9.17, 15) is 4.79 Å². The average molecular weight is 329 g/mol. The molecule has 0 saturated heterocycles. The van der Waals surface area contributed by atoms with Crippen LogP contribution in [0.3, 0.4) is 0 Å². The first-order valence-corrected chi connectivity index (χ1v) is 8.10. The average Bonchev–Trinajstić information content (AvgIpc) is 2.37. The zero-order chi connectivity index (χ0) is 14.5. The fourth-order valence-electron chi connectivity index (χ4n) is 2.77. The highest BCUT2D eigenvalue weighted by atomic mass is 79.9. The third kappa shape index (κ3) is 4.20. The smallest absolute Gasteiger partial charge is 0.315 e. The standard InChI is InChI=1S/C16H25BrO2/c1-12-11-13(7-5-6-10-17)8-9-14(12)16(2,3)15(18)19-4/h8-9,12H,5-7,10-11H2,1-4H3. The van der Waals surface area contributed by atoms with Crippen molar-refractivity contribution in [3.8, 4) is 0 Å². The number of unbranched alkanes of at least 4 members (excludes halogenated alkanes) is 1. The number of rotatable bonds is 6. The normalized spacial score (nSPS) is 19.7. The molecule has 2 nitrogen and oxygen atoms in total. The zero-order valence-electron chi connectivity index (χ0n) is 12.5. The summed E-state index contributed by atoms with van der Waals surface area (Å²) in [6, 6.07) is 0. The Labute approximate surface area is 125 Å². The van der Waals surface area contributed by atoms with Gasteiger partial charge in [0, 0.05) is 5.33 Å². The van der Waals surface area contributed by atoms with E-state index in [4.69, 9.17) is 4.74 Å². The second-order valence-corrected chi connectivity index (χ2v) is 6.61. The molecule has 0 fully saturated rings. The van der Waals surface area contributed by atoms with Crippen LogP contribution in [-0.4, -0.2) is 18.4 Å². The van der Waals surface area contributed by atoms with Crippen molar-refractivity contribution in [1.82, 2.24) is 0 Å². The summed E-state index contributed by atoms with van der Waals surface area (Å²) in [5.41, 5.74) is 2.16. The van der Waals surface area contributed by atoms with Crippen LogP contribution < -0.4 is 0 Å². The molecular formula is C16H25BrO2. The van der Waals surface area contributed by atoms with Gasteiger partial charge in [-0.1, -0.05) is 46.2 Å². The van der Waals surface area contributed by atoms with E-state index < -0.39 is 5.41 Å². The first kappa shape index (κ1) is 16.5. The number of ether oxygens (including phenoxy) is 1. The molecule has 1 aliphatic rings. The predicted octanol–water partition coefficient (Wildman–Crippen LogP) is 4.64. The molecule has 0 spiro atoms. The van der Waals surface area contributed by atoms with Crippen LogP contribution >= 0.6 is 15.9 Å². The van der Waals surface area contributed by atoms with E-state index in [2.05, 4.69) is 35.0 Å². The van der Waals surface area contributed by atoms with E-state index in [0.717, 1.165) is 11.8 Å². The number of hydrogen-bond acceptors (Lipinski definition) is 2. The molecule has 108 valence electrons. The number of methoxy groups -OCH3 is 1. The van der Waals surface area contributed by atoms with Gasteiger partial charge in [-0.05, 0) is 45.4 Å². The molecular weight excluding hydrogens is 304 g/mol. The second kappa shape index (κ2) is 7.28. The van der Waals surface area contributed by atoms with Crippen LogP contribution in [0.1, 0.15) is 46.5 Å². The number of esters is 1. The third-order valence-electron chi connectivity index (χ3n) is 3.90. The monoisotopic (exact) mass is 328 g/mol. The Bertz CT molecular complexity index is 380. The minimum absolute atomic E-state index is 0.151. The van der Waals surface area contributed by atoms with Crippen molar-refractivity contribution in [2.24, 2.45) is 11.3 Å². The molecule has 0 heterocycles. The summed E-state index contributed by atoms with van der Waals surface area (Å²) < 4.78 is 4.92. The van der Waals surface area contributed by atoms with Crippen LogP contribution in [0, 0.1) is 11.3 Å². The fraction of sp³-hybridized carbons (Fsp3) is 0.688. The van der Waals surface area contributed by atoms with Gasteiger partial charge in [0.1, 0.15) is 0 Å². The maximum absolute atomic E-state index is 11.9. The molecule has 0 N–H and O–H groups in total. The van der Waals surface area contributed by atoms with Crippen LogP contribution in [0.2, 0.25) is 0 Å². The minimum atomic E-state index is -0.522. The lowest BCUT2D eigenvalue weighted by Crippen LogP contribution is -2.31. The van der Waals surface area contributed by atoms with Crippen molar-refractivity contribution in [3.05, 3.63) is 23.3 Å². The Morgan fingerprint density at radius 3 is 2.63 bits per heavy atom. The number of allylic oxidation sites excluding steroid dienone is 3. The van der Waals surface area contributed by atoms with Crippen molar-refractivity contribution in [2.45, 2.75) is 46.5 Å². The molecule has 1 atom stereocenters. The molecule has 0 aromatic rings. The summed E-state index contributed by atoms with van der Waals surface area (Å²) in [6.45, 7) is 6.10. The third-order valence-corrected chi connectivity index (χ3v) is 4.46. The van der Waals surface area contributed by atoms with Gasteiger partial charge in [0.15, 0.2) is 0 Å². The van der Waals surface area contributed by atoms with Gasteiger partial charge < -0.3 is 4.74 Å². The maximum atomic E-state index is 11.9. The SMILES string of the molecule is COC(=O)C(C)(C)C1=CC=C(CCCCBr)CC1C. The van der Waals surface area contributed by atoms with E-state index in [1.807, 2.05) is 13.8 Å². The number of hydrogen-bond donors (Lipinski definition) is 0. The molecule has 0 aliphatic heterocycles. The number of alkyl halides is 1. The molecule has 19 heavy (non-hydrogen) atoms. The molecule has 0 amide bonds. The molecule has 1 aliphatic carbocycles. The quantitative estimate of drug-likeness (QED) is 0.403. The molecule has 0 saturated carbocycles. The maximum Gasteiger partial charge on any atom is 0.315 e. The second-order valence-electron chi connectivity index (χ2n) is 5.81. The molecule has 1 rings (SSSR count). The van der Waals surface area contributed by atoms with Crippen molar-refractivity contribution in [2.75, 3.05) is 12.4 Å². The van der Waals surface area contributed by atoms with Gasteiger partial charge in [0.05, 0.1) is 12.5 Å². The van der Waals surface area contributed by atoms with E-state index in [1.165, 1.54) is 37.5 Å². The van der Waals surface area contributed by atoms with E-state index >= 15 is 0 Å². The Hall–Kier alpha value is -0.570. The predicted molar refractivity (Wildman–Crippen MR) is 83.4 cm³/mol. The van der Waals surface area contributed by atoms with Crippen molar-refractivity contribution in [1.29, 1.82) is 0 Å². The van der Waals surface area contributed by atoms with E-state index in [0.29, 0.717) is 5.92 Å². The van der Waals surface area contributed by atoms with Crippen molar-refractivity contribution in [3.63, 3.8) is 0 Å². The lowest BCUT2D eigenvalue weighted by molar-refractivity contribution is -0.148. The molecule has 3 heteroatoms. The highest BCUT2D eigenvalue weighted by Crippen LogP contribution is 2.39. The van der Waals surface area contributed by atoms with E-state index in [-0.39, 0.29) is 5.97 Å².